The van der Waals surface area contributed by atoms with Gasteiger partial charge in [0.05, 0.1) is 13.2 Å². The fourth-order valence-corrected chi connectivity index (χ4v) is 5.33. The van der Waals surface area contributed by atoms with Crippen LogP contribution < -0.4 is 15.4 Å². The second-order valence-corrected chi connectivity index (χ2v) is 10.00. The van der Waals surface area contributed by atoms with Crippen LogP contribution in [0, 0.1) is 13.8 Å². The molecule has 1 aliphatic rings. The molecule has 178 valence electrons. The standard InChI is InChI=1S/C24H31N3O5S/c1-4-32-21-11-10-20(15-22(21)33(30,31)27-12-6-5-7-13-27)26-23(28)16-25-24(29)19-9-8-17(2)18(3)14-19/h8-11,14-15H,4-7,12-13,16H2,1-3H3,(H,25,29)(H,26,28). The lowest BCUT2D eigenvalue weighted by Gasteiger charge is -2.27. The van der Waals surface area contributed by atoms with Crippen LogP contribution in [0.1, 0.15) is 47.7 Å². The highest BCUT2D eigenvalue weighted by molar-refractivity contribution is 7.89. The van der Waals surface area contributed by atoms with Gasteiger partial charge in [0, 0.05) is 24.3 Å². The van der Waals surface area contributed by atoms with Gasteiger partial charge in [-0.2, -0.15) is 4.31 Å². The molecule has 0 aromatic heterocycles. The molecule has 0 aliphatic carbocycles. The third kappa shape index (κ3) is 6.11. The number of amides is 2. The first-order chi connectivity index (χ1) is 15.7. The molecular weight excluding hydrogens is 442 g/mol. The predicted molar refractivity (Wildman–Crippen MR) is 127 cm³/mol. The molecule has 0 saturated carbocycles. The van der Waals surface area contributed by atoms with Gasteiger partial charge in [-0.3, -0.25) is 9.59 Å². The average Bonchev–Trinajstić information content (AvgIpc) is 2.81. The van der Waals surface area contributed by atoms with Crippen LogP contribution in [0.5, 0.6) is 5.75 Å². The fourth-order valence-electron chi connectivity index (χ4n) is 3.66. The molecule has 1 aliphatic heterocycles. The summed E-state index contributed by atoms with van der Waals surface area (Å²) in [5, 5.41) is 5.25. The van der Waals surface area contributed by atoms with Crippen molar-refractivity contribution < 1.29 is 22.7 Å². The molecule has 2 N–H and O–H groups in total. The van der Waals surface area contributed by atoms with Gasteiger partial charge in [0.1, 0.15) is 10.6 Å². The number of carbonyl (C=O) groups excluding carboxylic acids is 2. The van der Waals surface area contributed by atoms with Crippen molar-refractivity contribution in [3.05, 3.63) is 53.1 Å². The Morgan fingerprint density at radius 1 is 1.00 bits per heavy atom. The number of aryl methyl sites for hydroxylation is 2. The van der Waals surface area contributed by atoms with Crippen LogP contribution in [0.25, 0.3) is 0 Å². The lowest BCUT2D eigenvalue weighted by Crippen LogP contribution is -2.36. The van der Waals surface area contributed by atoms with Crippen LogP contribution in [0.15, 0.2) is 41.3 Å². The fraction of sp³-hybridized carbons (Fsp3) is 0.417. The van der Waals surface area contributed by atoms with Gasteiger partial charge in [-0.25, -0.2) is 8.42 Å². The molecule has 3 rings (SSSR count). The number of hydrogen-bond donors (Lipinski definition) is 2. The highest BCUT2D eigenvalue weighted by Gasteiger charge is 2.29. The lowest BCUT2D eigenvalue weighted by atomic mass is 10.1. The molecule has 2 aromatic carbocycles. The summed E-state index contributed by atoms with van der Waals surface area (Å²) in [5.74, 6) is -0.560. The number of piperidine rings is 1. The highest BCUT2D eigenvalue weighted by atomic mass is 32.2. The van der Waals surface area contributed by atoms with E-state index in [0.717, 1.165) is 30.4 Å². The lowest BCUT2D eigenvalue weighted by molar-refractivity contribution is -0.115. The number of nitrogens with one attached hydrogen (secondary N) is 2. The summed E-state index contributed by atoms with van der Waals surface area (Å²) in [6.45, 7) is 6.67. The molecule has 1 fully saturated rings. The third-order valence-corrected chi connectivity index (χ3v) is 7.56. The van der Waals surface area contributed by atoms with E-state index in [-0.39, 0.29) is 23.1 Å². The second kappa shape index (κ2) is 10.8. The molecule has 33 heavy (non-hydrogen) atoms. The molecule has 0 bridgehead atoms. The Morgan fingerprint density at radius 2 is 1.73 bits per heavy atom. The van der Waals surface area contributed by atoms with Gasteiger partial charge in [0.2, 0.25) is 15.9 Å². The van der Waals surface area contributed by atoms with Crippen molar-refractivity contribution in [3.63, 3.8) is 0 Å². The van der Waals surface area contributed by atoms with Crippen molar-refractivity contribution in [2.75, 3.05) is 31.6 Å². The molecule has 1 saturated heterocycles. The number of sulfonamides is 1. The van der Waals surface area contributed by atoms with Gasteiger partial charge < -0.3 is 15.4 Å². The minimum absolute atomic E-state index is 0.0308. The molecular formula is C24H31N3O5S. The van der Waals surface area contributed by atoms with E-state index < -0.39 is 15.9 Å². The zero-order chi connectivity index (χ0) is 24.0. The van der Waals surface area contributed by atoms with E-state index in [2.05, 4.69) is 10.6 Å². The number of anilines is 1. The van der Waals surface area contributed by atoms with Gasteiger partial charge in [0.25, 0.3) is 5.91 Å². The molecule has 0 unspecified atom stereocenters. The minimum Gasteiger partial charge on any atom is -0.492 e. The van der Waals surface area contributed by atoms with Crippen molar-refractivity contribution in [2.24, 2.45) is 0 Å². The summed E-state index contributed by atoms with van der Waals surface area (Å²) >= 11 is 0. The smallest absolute Gasteiger partial charge is 0.251 e. The molecule has 8 nitrogen and oxygen atoms in total. The van der Waals surface area contributed by atoms with Crippen LogP contribution in [-0.4, -0.2) is 50.8 Å². The normalized spacial score (nSPS) is 14.5. The summed E-state index contributed by atoms with van der Waals surface area (Å²) in [5.41, 5.74) is 2.86. The average molecular weight is 474 g/mol. The monoisotopic (exact) mass is 473 g/mol. The van der Waals surface area contributed by atoms with Gasteiger partial charge in [-0.1, -0.05) is 12.5 Å². The van der Waals surface area contributed by atoms with Gasteiger partial charge >= 0.3 is 0 Å². The number of benzene rings is 2. The Kier molecular flexibility index (Phi) is 8.10. The van der Waals surface area contributed by atoms with Gasteiger partial charge in [-0.05, 0) is 75.1 Å². The zero-order valence-electron chi connectivity index (χ0n) is 19.3. The van der Waals surface area contributed by atoms with E-state index in [1.165, 1.54) is 10.4 Å². The number of ether oxygens (including phenoxy) is 1. The first-order valence-corrected chi connectivity index (χ1v) is 12.6. The second-order valence-electron chi connectivity index (χ2n) is 8.09. The third-order valence-electron chi connectivity index (χ3n) is 5.64. The van der Waals surface area contributed by atoms with Crippen LogP contribution in [0.4, 0.5) is 5.69 Å². The quantitative estimate of drug-likeness (QED) is 0.612. The van der Waals surface area contributed by atoms with E-state index in [4.69, 9.17) is 4.74 Å². The van der Waals surface area contributed by atoms with Gasteiger partial charge in [-0.15, -0.1) is 0 Å². The van der Waals surface area contributed by atoms with Crippen molar-refractivity contribution in [3.8, 4) is 5.75 Å². The number of hydrogen-bond acceptors (Lipinski definition) is 5. The van der Waals surface area contributed by atoms with E-state index in [1.807, 2.05) is 19.9 Å². The number of rotatable bonds is 8. The molecule has 1 heterocycles. The topological polar surface area (TPSA) is 105 Å². The Morgan fingerprint density at radius 3 is 2.39 bits per heavy atom. The zero-order valence-corrected chi connectivity index (χ0v) is 20.1. The van der Waals surface area contributed by atoms with E-state index in [9.17, 15) is 18.0 Å². The largest absolute Gasteiger partial charge is 0.492 e. The molecule has 0 radical (unpaired) electrons. The molecule has 0 atom stereocenters. The van der Waals surface area contributed by atoms with Crippen LogP contribution in [0.3, 0.4) is 0 Å². The maximum Gasteiger partial charge on any atom is 0.251 e. The van der Waals surface area contributed by atoms with E-state index >= 15 is 0 Å². The summed E-state index contributed by atoms with van der Waals surface area (Å²) in [6, 6.07) is 9.88. The number of carbonyl (C=O) groups is 2. The SMILES string of the molecule is CCOc1ccc(NC(=O)CNC(=O)c2ccc(C)c(C)c2)cc1S(=O)(=O)N1CCCCC1. The number of nitrogens with zero attached hydrogens (tertiary/aromatic N) is 1. The van der Waals surface area contributed by atoms with Crippen LogP contribution in [-0.2, 0) is 14.8 Å². The summed E-state index contributed by atoms with van der Waals surface area (Å²) < 4.78 is 33.4. The van der Waals surface area contributed by atoms with E-state index in [1.54, 1.807) is 31.2 Å². The van der Waals surface area contributed by atoms with Crippen LogP contribution in [0.2, 0.25) is 0 Å². The highest BCUT2D eigenvalue weighted by Crippen LogP contribution is 2.31. The first kappa shape index (κ1) is 24.7. The van der Waals surface area contributed by atoms with Crippen LogP contribution >= 0.6 is 0 Å². The summed E-state index contributed by atoms with van der Waals surface area (Å²) in [6.07, 6.45) is 2.65. The predicted octanol–water partition coefficient (Wildman–Crippen LogP) is 3.25. The molecule has 2 amide bonds. The van der Waals surface area contributed by atoms with Crippen molar-refractivity contribution >= 4 is 27.5 Å². The summed E-state index contributed by atoms with van der Waals surface area (Å²) in [7, 11) is -3.76. The van der Waals surface area contributed by atoms with Crippen molar-refractivity contribution in [1.82, 2.24) is 9.62 Å². The maximum absolute atomic E-state index is 13.2. The van der Waals surface area contributed by atoms with Crippen molar-refractivity contribution in [1.29, 1.82) is 0 Å². The molecule has 2 aromatic rings. The Labute approximate surface area is 195 Å². The Balaban J connectivity index is 1.71. The Bertz CT molecular complexity index is 1120. The Hall–Kier alpha value is -2.91. The maximum atomic E-state index is 13.2. The van der Waals surface area contributed by atoms with Crippen molar-refractivity contribution in [2.45, 2.75) is 44.9 Å². The summed E-state index contributed by atoms with van der Waals surface area (Å²) in [4.78, 5) is 24.8. The molecule has 9 heteroatoms. The first-order valence-electron chi connectivity index (χ1n) is 11.1. The van der Waals surface area contributed by atoms with Gasteiger partial charge in [0.15, 0.2) is 0 Å². The molecule has 0 spiro atoms. The minimum atomic E-state index is -3.76. The van der Waals surface area contributed by atoms with E-state index in [0.29, 0.717) is 30.9 Å².